The van der Waals surface area contributed by atoms with E-state index in [1.165, 1.54) is 23.5 Å². The third-order valence-corrected chi connectivity index (χ3v) is 5.44. The number of β-amino-alcohol motifs (C(OH)–C–C–N with tert-alkyl or cyclic N) is 1. The molecule has 3 nitrogen and oxygen atoms in total. The summed E-state index contributed by atoms with van der Waals surface area (Å²) in [5, 5.41) is 11.5. The molecule has 0 spiro atoms. The van der Waals surface area contributed by atoms with Crippen molar-refractivity contribution in [3.63, 3.8) is 0 Å². The minimum Gasteiger partial charge on any atom is -1.00 e. The van der Waals surface area contributed by atoms with E-state index in [0.717, 1.165) is 43.5 Å². The van der Waals surface area contributed by atoms with Crippen LogP contribution in [0.5, 0.6) is 0 Å². The molecular weight excluding hydrogens is 395 g/mol. The molecule has 2 aliphatic heterocycles. The first kappa shape index (κ1) is 19.1. The summed E-state index contributed by atoms with van der Waals surface area (Å²) in [7, 11) is 0. The SMILES string of the molecule is CCc1ccc(N2CC(O)(c3ccc(F)cc3)[N+]3=C2CCCC3)cc1.[Br-]. The standard InChI is InChI=1S/C21H24FN2O.BrH/c1-2-16-6-12-19(13-7-16)23-15-21(25,17-8-10-18(22)11-9-17)24-14-4-3-5-20(23)24;/h6-13,25H,2-5,14-15H2,1H3;1H/q+1;/p-1. The normalized spacial score (nSPS) is 22.2. The molecule has 26 heavy (non-hydrogen) atoms. The van der Waals surface area contributed by atoms with Crippen LogP contribution in [-0.4, -0.2) is 28.6 Å². The van der Waals surface area contributed by atoms with Gasteiger partial charge in [0.1, 0.15) is 11.5 Å². The van der Waals surface area contributed by atoms with E-state index in [4.69, 9.17) is 0 Å². The fourth-order valence-corrected chi connectivity index (χ4v) is 4.01. The highest BCUT2D eigenvalue weighted by Gasteiger charge is 2.52. The molecule has 0 fully saturated rings. The third kappa shape index (κ3) is 3.19. The van der Waals surface area contributed by atoms with Crippen LogP contribution in [0.1, 0.15) is 37.3 Å². The van der Waals surface area contributed by atoms with E-state index in [1.54, 1.807) is 12.1 Å². The molecule has 0 aliphatic carbocycles. The van der Waals surface area contributed by atoms with Gasteiger partial charge in [0.15, 0.2) is 6.54 Å². The number of nitrogens with zero attached hydrogens (tertiary/aromatic N) is 2. The predicted molar refractivity (Wildman–Crippen MR) is 97.4 cm³/mol. The maximum Gasteiger partial charge on any atom is 0.271 e. The van der Waals surface area contributed by atoms with E-state index in [9.17, 15) is 9.50 Å². The smallest absolute Gasteiger partial charge is 0.271 e. The zero-order valence-electron chi connectivity index (χ0n) is 15.0. The van der Waals surface area contributed by atoms with Crippen LogP contribution in [-0.2, 0) is 12.1 Å². The maximum atomic E-state index is 13.3. The van der Waals surface area contributed by atoms with E-state index in [0.29, 0.717) is 6.54 Å². The van der Waals surface area contributed by atoms with Gasteiger partial charge in [0.25, 0.3) is 11.6 Å². The fourth-order valence-electron chi connectivity index (χ4n) is 4.01. The molecule has 2 aromatic rings. The summed E-state index contributed by atoms with van der Waals surface area (Å²) in [6.45, 7) is 3.45. The minimum absolute atomic E-state index is 0. The molecule has 2 heterocycles. The highest BCUT2D eigenvalue weighted by molar-refractivity contribution is 5.96. The summed E-state index contributed by atoms with van der Waals surface area (Å²) in [5.41, 5.74) is 2.06. The second kappa shape index (κ2) is 7.49. The molecular formula is C21H24BrFN2O. The van der Waals surface area contributed by atoms with Gasteiger partial charge < -0.3 is 22.1 Å². The summed E-state index contributed by atoms with van der Waals surface area (Å²) in [4.78, 5) is 2.22. The Hall–Kier alpha value is -1.72. The summed E-state index contributed by atoms with van der Waals surface area (Å²) < 4.78 is 15.4. The highest BCUT2D eigenvalue weighted by Crippen LogP contribution is 2.35. The first-order chi connectivity index (χ1) is 12.1. The van der Waals surface area contributed by atoms with Gasteiger partial charge in [-0.2, -0.15) is 0 Å². The van der Waals surface area contributed by atoms with E-state index >= 15 is 0 Å². The summed E-state index contributed by atoms with van der Waals surface area (Å²) in [6.07, 6.45) is 4.17. The monoisotopic (exact) mass is 418 g/mol. The molecule has 138 valence electrons. The molecule has 0 bridgehead atoms. The number of aliphatic hydroxyl groups is 1. The molecule has 2 aliphatic rings. The largest absolute Gasteiger partial charge is 1.00 e. The van der Waals surface area contributed by atoms with Crippen molar-refractivity contribution in [1.29, 1.82) is 0 Å². The average molecular weight is 419 g/mol. The van der Waals surface area contributed by atoms with E-state index in [2.05, 4.69) is 40.7 Å². The number of amidine groups is 1. The maximum absolute atomic E-state index is 13.3. The molecule has 0 saturated heterocycles. The van der Waals surface area contributed by atoms with Crippen molar-refractivity contribution in [3.8, 4) is 0 Å². The number of rotatable bonds is 3. The Morgan fingerprint density at radius 2 is 1.77 bits per heavy atom. The quantitative estimate of drug-likeness (QED) is 0.740. The molecule has 0 saturated carbocycles. The Morgan fingerprint density at radius 1 is 1.08 bits per heavy atom. The number of halogens is 2. The summed E-state index contributed by atoms with van der Waals surface area (Å²) in [5.74, 6) is 0.891. The van der Waals surface area contributed by atoms with Crippen LogP contribution in [0.25, 0.3) is 0 Å². The molecule has 1 atom stereocenters. The molecule has 0 amide bonds. The zero-order valence-corrected chi connectivity index (χ0v) is 16.5. The van der Waals surface area contributed by atoms with Crippen LogP contribution in [0, 0.1) is 5.82 Å². The Morgan fingerprint density at radius 3 is 2.42 bits per heavy atom. The summed E-state index contributed by atoms with van der Waals surface area (Å²) >= 11 is 0. The third-order valence-electron chi connectivity index (χ3n) is 5.44. The van der Waals surface area contributed by atoms with Gasteiger partial charge in [0.05, 0.1) is 6.54 Å². The van der Waals surface area contributed by atoms with Gasteiger partial charge in [-0.25, -0.2) is 13.9 Å². The Balaban J connectivity index is 0.00000196. The minimum atomic E-state index is -1.10. The Kier molecular flexibility index (Phi) is 5.49. The number of hydrogen-bond acceptors (Lipinski definition) is 2. The molecule has 0 aromatic heterocycles. The van der Waals surface area contributed by atoms with Crippen LogP contribution in [0.4, 0.5) is 10.1 Å². The zero-order chi connectivity index (χ0) is 17.4. The summed E-state index contributed by atoms with van der Waals surface area (Å²) in [6, 6.07) is 14.8. The lowest BCUT2D eigenvalue weighted by atomic mass is 10.0. The van der Waals surface area contributed by atoms with Crippen molar-refractivity contribution in [3.05, 3.63) is 65.5 Å². The lowest BCUT2D eigenvalue weighted by molar-refractivity contribution is -0.661. The van der Waals surface area contributed by atoms with Gasteiger partial charge >= 0.3 is 0 Å². The van der Waals surface area contributed by atoms with Crippen molar-refractivity contribution in [2.75, 3.05) is 18.0 Å². The number of hydrogen-bond donors (Lipinski definition) is 1. The van der Waals surface area contributed by atoms with Gasteiger partial charge in [-0.3, -0.25) is 0 Å². The molecule has 0 radical (unpaired) electrons. The molecule has 1 N–H and O–H groups in total. The van der Waals surface area contributed by atoms with Crippen LogP contribution >= 0.6 is 0 Å². The van der Waals surface area contributed by atoms with Gasteiger partial charge in [-0.05, 0) is 61.2 Å². The number of anilines is 1. The van der Waals surface area contributed by atoms with E-state index < -0.39 is 5.72 Å². The highest BCUT2D eigenvalue weighted by atomic mass is 79.9. The van der Waals surface area contributed by atoms with E-state index in [-0.39, 0.29) is 22.8 Å². The second-order valence-corrected chi connectivity index (χ2v) is 6.95. The van der Waals surface area contributed by atoms with Gasteiger partial charge in [0, 0.05) is 12.0 Å². The number of benzene rings is 2. The average Bonchev–Trinajstić information content (AvgIpc) is 2.97. The van der Waals surface area contributed by atoms with Crippen molar-refractivity contribution in [2.24, 2.45) is 0 Å². The molecule has 2 aromatic carbocycles. The van der Waals surface area contributed by atoms with Crippen molar-refractivity contribution in [1.82, 2.24) is 0 Å². The van der Waals surface area contributed by atoms with Gasteiger partial charge in [-0.15, -0.1) is 0 Å². The molecule has 1 unspecified atom stereocenters. The van der Waals surface area contributed by atoms with Crippen LogP contribution < -0.4 is 21.9 Å². The lowest BCUT2D eigenvalue weighted by Crippen LogP contribution is -3.00. The Labute approximate surface area is 164 Å². The van der Waals surface area contributed by atoms with Crippen LogP contribution in [0.15, 0.2) is 48.5 Å². The first-order valence-corrected chi connectivity index (χ1v) is 9.10. The van der Waals surface area contributed by atoms with Crippen molar-refractivity contribution < 1.29 is 31.1 Å². The topological polar surface area (TPSA) is 26.5 Å². The number of aryl methyl sites for hydroxylation is 1. The fraction of sp³-hybridized carbons (Fsp3) is 0.381. The second-order valence-electron chi connectivity index (χ2n) is 6.95. The van der Waals surface area contributed by atoms with Crippen molar-refractivity contribution >= 4 is 11.5 Å². The van der Waals surface area contributed by atoms with Gasteiger partial charge in [-0.1, -0.05) is 19.1 Å². The van der Waals surface area contributed by atoms with E-state index in [1.807, 2.05) is 0 Å². The van der Waals surface area contributed by atoms with Crippen LogP contribution in [0.3, 0.4) is 0 Å². The Bertz CT molecular complexity index is 804. The first-order valence-electron chi connectivity index (χ1n) is 9.10. The predicted octanol–water partition coefficient (Wildman–Crippen LogP) is 0.652. The van der Waals surface area contributed by atoms with Gasteiger partial charge in [0.2, 0.25) is 0 Å². The lowest BCUT2D eigenvalue weighted by Gasteiger charge is -2.24. The van der Waals surface area contributed by atoms with Crippen LogP contribution in [0.2, 0.25) is 0 Å². The molecule has 4 rings (SSSR count). The molecule has 5 heteroatoms. The van der Waals surface area contributed by atoms with Crippen molar-refractivity contribution in [2.45, 2.75) is 38.3 Å².